The highest BCUT2D eigenvalue weighted by atomic mass is 35.5. The number of benzene rings is 1. The molecule has 0 bridgehead atoms. The first-order valence-electron chi connectivity index (χ1n) is 6.69. The molecule has 1 unspecified atom stereocenters. The van der Waals surface area contributed by atoms with Crippen LogP contribution in [0, 0.1) is 6.92 Å². The van der Waals surface area contributed by atoms with Gasteiger partial charge in [-0.25, -0.2) is 0 Å². The Labute approximate surface area is 129 Å². The van der Waals surface area contributed by atoms with Gasteiger partial charge >= 0.3 is 0 Å². The summed E-state index contributed by atoms with van der Waals surface area (Å²) in [4.78, 5) is 0. The molecule has 1 N–H and O–H groups in total. The molecular formula is C15H19Cl2N3. The van der Waals surface area contributed by atoms with Gasteiger partial charge in [0.2, 0.25) is 0 Å². The summed E-state index contributed by atoms with van der Waals surface area (Å²) < 4.78 is 1.72. The maximum absolute atomic E-state index is 6.32. The number of likely N-dealkylation sites (N-methyl/N-ethyl adjacent to an activating group) is 1. The molecule has 1 atom stereocenters. The lowest BCUT2D eigenvalue weighted by atomic mass is 9.99. The third-order valence-corrected chi connectivity index (χ3v) is 4.13. The van der Waals surface area contributed by atoms with Crippen molar-refractivity contribution in [3.05, 3.63) is 51.3 Å². The standard InChI is InChI=1S/C15H19Cl2N3/c1-4-18-14(11-5-7-12(16)8-6-11)9-13-10(2)19-20(3)15(13)17/h5-8,14,18H,4,9H2,1-3H3. The van der Waals surface area contributed by atoms with E-state index < -0.39 is 0 Å². The Kier molecular flexibility index (Phi) is 5.08. The third-order valence-electron chi connectivity index (χ3n) is 3.40. The van der Waals surface area contributed by atoms with Crippen molar-refractivity contribution in [2.45, 2.75) is 26.3 Å². The Balaban J connectivity index is 2.27. The van der Waals surface area contributed by atoms with Crippen LogP contribution in [0.15, 0.2) is 24.3 Å². The van der Waals surface area contributed by atoms with Crippen LogP contribution in [-0.4, -0.2) is 16.3 Å². The van der Waals surface area contributed by atoms with E-state index in [0.29, 0.717) is 5.15 Å². The number of aromatic nitrogens is 2. The van der Waals surface area contributed by atoms with E-state index in [-0.39, 0.29) is 6.04 Å². The monoisotopic (exact) mass is 311 g/mol. The van der Waals surface area contributed by atoms with Gasteiger partial charge in [0.15, 0.2) is 0 Å². The zero-order valence-electron chi connectivity index (χ0n) is 12.0. The Hall–Kier alpha value is -1.03. The molecule has 0 aliphatic heterocycles. The van der Waals surface area contributed by atoms with E-state index in [2.05, 4.69) is 29.5 Å². The van der Waals surface area contributed by atoms with E-state index in [1.807, 2.05) is 26.1 Å². The van der Waals surface area contributed by atoms with Crippen LogP contribution < -0.4 is 5.32 Å². The lowest BCUT2D eigenvalue weighted by Gasteiger charge is -2.18. The molecule has 2 rings (SSSR count). The minimum atomic E-state index is 0.206. The Morgan fingerprint density at radius 2 is 1.90 bits per heavy atom. The average molecular weight is 312 g/mol. The molecule has 0 radical (unpaired) electrons. The molecule has 0 saturated carbocycles. The van der Waals surface area contributed by atoms with Crippen LogP contribution in [0.4, 0.5) is 0 Å². The molecule has 2 aromatic rings. The zero-order valence-corrected chi connectivity index (χ0v) is 13.5. The Morgan fingerprint density at radius 3 is 2.40 bits per heavy atom. The van der Waals surface area contributed by atoms with Gasteiger partial charge in [-0.05, 0) is 37.6 Å². The van der Waals surface area contributed by atoms with Crippen LogP contribution in [0.25, 0.3) is 0 Å². The minimum absolute atomic E-state index is 0.206. The second-order valence-electron chi connectivity index (χ2n) is 4.84. The first-order chi connectivity index (χ1) is 9.52. The predicted octanol–water partition coefficient (Wildman–Crippen LogP) is 3.93. The van der Waals surface area contributed by atoms with Crippen LogP contribution in [0.2, 0.25) is 10.2 Å². The second-order valence-corrected chi connectivity index (χ2v) is 5.64. The van der Waals surface area contributed by atoms with E-state index in [1.165, 1.54) is 5.56 Å². The smallest absolute Gasteiger partial charge is 0.130 e. The topological polar surface area (TPSA) is 29.9 Å². The molecule has 1 heterocycles. The normalized spacial score (nSPS) is 12.7. The molecule has 0 saturated heterocycles. The van der Waals surface area contributed by atoms with Crippen LogP contribution in [-0.2, 0) is 13.5 Å². The summed E-state index contributed by atoms with van der Waals surface area (Å²) in [5, 5.41) is 9.32. The number of halogens is 2. The number of rotatable bonds is 5. The average Bonchev–Trinajstić information content (AvgIpc) is 2.65. The maximum Gasteiger partial charge on any atom is 0.130 e. The number of hydrogen-bond donors (Lipinski definition) is 1. The fourth-order valence-corrected chi connectivity index (χ4v) is 2.74. The van der Waals surface area contributed by atoms with Gasteiger partial charge in [-0.3, -0.25) is 4.68 Å². The SMILES string of the molecule is CCNC(Cc1c(C)nn(C)c1Cl)c1ccc(Cl)cc1. The van der Waals surface area contributed by atoms with Crippen molar-refractivity contribution in [1.82, 2.24) is 15.1 Å². The molecule has 108 valence electrons. The summed E-state index contributed by atoms with van der Waals surface area (Å²) in [5.74, 6) is 0. The first kappa shape index (κ1) is 15.4. The molecule has 0 aliphatic carbocycles. The summed E-state index contributed by atoms with van der Waals surface area (Å²) in [5.41, 5.74) is 3.28. The maximum atomic E-state index is 6.32. The summed E-state index contributed by atoms with van der Waals surface area (Å²) in [6, 6.07) is 8.14. The Bertz CT molecular complexity index is 576. The largest absolute Gasteiger partial charge is 0.310 e. The van der Waals surface area contributed by atoms with E-state index in [0.717, 1.165) is 29.2 Å². The molecule has 0 fully saturated rings. The van der Waals surface area contributed by atoms with Crippen LogP contribution >= 0.6 is 23.2 Å². The van der Waals surface area contributed by atoms with E-state index in [4.69, 9.17) is 23.2 Å². The Morgan fingerprint density at radius 1 is 1.25 bits per heavy atom. The zero-order chi connectivity index (χ0) is 14.7. The molecule has 0 amide bonds. The molecule has 1 aromatic heterocycles. The number of hydrogen-bond acceptors (Lipinski definition) is 2. The number of nitrogens with one attached hydrogen (secondary N) is 1. The van der Waals surface area contributed by atoms with Gasteiger partial charge in [-0.1, -0.05) is 42.3 Å². The molecule has 20 heavy (non-hydrogen) atoms. The molecular weight excluding hydrogens is 293 g/mol. The lowest BCUT2D eigenvalue weighted by Crippen LogP contribution is -2.23. The lowest BCUT2D eigenvalue weighted by molar-refractivity contribution is 0.549. The van der Waals surface area contributed by atoms with Gasteiger partial charge < -0.3 is 5.32 Å². The molecule has 3 nitrogen and oxygen atoms in total. The van der Waals surface area contributed by atoms with Crippen molar-refractivity contribution in [3.63, 3.8) is 0 Å². The number of aryl methyl sites for hydroxylation is 2. The quantitative estimate of drug-likeness (QED) is 0.906. The van der Waals surface area contributed by atoms with E-state index in [9.17, 15) is 0 Å². The van der Waals surface area contributed by atoms with Gasteiger partial charge in [0, 0.05) is 23.7 Å². The van der Waals surface area contributed by atoms with Crippen molar-refractivity contribution >= 4 is 23.2 Å². The van der Waals surface area contributed by atoms with Crippen molar-refractivity contribution in [3.8, 4) is 0 Å². The summed E-state index contributed by atoms with van der Waals surface area (Å²) >= 11 is 12.3. The molecule has 5 heteroatoms. The summed E-state index contributed by atoms with van der Waals surface area (Å²) in [6.45, 7) is 4.98. The van der Waals surface area contributed by atoms with Crippen LogP contribution in [0.5, 0.6) is 0 Å². The van der Waals surface area contributed by atoms with Crippen molar-refractivity contribution in [1.29, 1.82) is 0 Å². The van der Waals surface area contributed by atoms with Gasteiger partial charge in [0.05, 0.1) is 5.69 Å². The molecule has 1 aromatic carbocycles. The summed E-state index contributed by atoms with van der Waals surface area (Å²) in [6.07, 6.45) is 0.813. The van der Waals surface area contributed by atoms with Crippen molar-refractivity contribution < 1.29 is 0 Å². The fourth-order valence-electron chi connectivity index (χ4n) is 2.36. The minimum Gasteiger partial charge on any atom is -0.310 e. The van der Waals surface area contributed by atoms with E-state index in [1.54, 1.807) is 4.68 Å². The van der Waals surface area contributed by atoms with Gasteiger partial charge in [0.1, 0.15) is 5.15 Å². The van der Waals surface area contributed by atoms with Gasteiger partial charge in [-0.2, -0.15) is 5.10 Å². The van der Waals surface area contributed by atoms with Crippen LogP contribution in [0.3, 0.4) is 0 Å². The van der Waals surface area contributed by atoms with E-state index >= 15 is 0 Å². The van der Waals surface area contributed by atoms with Gasteiger partial charge in [0.25, 0.3) is 0 Å². The highest BCUT2D eigenvalue weighted by Gasteiger charge is 2.18. The highest BCUT2D eigenvalue weighted by molar-refractivity contribution is 6.30. The summed E-state index contributed by atoms with van der Waals surface area (Å²) in [7, 11) is 1.86. The third kappa shape index (κ3) is 3.35. The van der Waals surface area contributed by atoms with Crippen molar-refractivity contribution in [2.24, 2.45) is 7.05 Å². The molecule has 0 aliphatic rings. The fraction of sp³-hybridized carbons (Fsp3) is 0.400. The predicted molar refractivity (Wildman–Crippen MR) is 84.5 cm³/mol. The number of nitrogens with zero attached hydrogens (tertiary/aromatic N) is 2. The van der Waals surface area contributed by atoms with Gasteiger partial charge in [-0.15, -0.1) is 0 Å². The van der Waals surface area contributed by atoms with Crippen molar-refractivity contribution in [2.75, 3.05) is 6.54 Å². The second kappa shape index (κ2) is 6.61. The molecule has 0 spiro atoms. The first-order valence-corrected chi connectivity index (χ1v) is 7.45. The van der Waals surface area contributed by atoms with Crippen LogP contribution in [0.1, 0.15) is 29.8 Å². The highest BCUT2D eigenvalue weighted by Crippen LogP contribution is 2.26.